The van der Waals surface area contributed by atoms with Crippen molar-refractivity contribution in [3.63, 3.8) is 0 Å². The summed E-state index contributed by atoms with van der Waals surface area (Å²) in [5.74, 6) is 1.68. The van der Waals surface area contributed by atoms with Crippen molar-refractivity contribution >= 4 is 6.03 Å². The molecule has 134 valence electrons. The second kappa shape index (κ2) is 9.57. The van der Waals surface area contributed by atoms with E-state index in [4.69, 9.17) is 9.47 Å². The monoisotopic (exact) mass is 342 g/mol. The molecule has 0 aromatic heterocycles. The van der Waals surface area contributed by atoms with Crippen LogP contribution in [0.4, 0.5) is 4.79 Å². The molecule has 2 rings (SSSR count). The van der Waals surface area contributed by atoms with E-state index >= 15 is 0 Å². The van der Waals surface area contributed by atoms with Crippen molar-refractivity contribution < 1.29 is 14.3 Å². The van der Waals surface area contributed by atoms with Crippen LogP contribution in [-0.4, -0.2) is 38.2 Å². The van der Waals surface area contributed by atoms with Gasteiger partial charge in [0, 0.05) is 20.1 Å². The highest BCUT2D eigenvalue weighted by molar-refractivity contribution is 5.73. The minimum Gasteiger partial charge on any atom is -0.497 e. The van der Waals surface area contributed by atoms with Crippen LogP contribution < -0.4 is 14.8 Å². The summed E-state index contributed by atoms with van der Waals surface area (Å²) in [5, 5.41) is 2.91. The van der Waals surface area contributed by atoms with E-state index in [1.165, 1.54) is 0 Å². The number of carbonyl (C=O) groups is 1. The Hall–Kier alpha value is -2.69. The molecule has 0 unspecified atom stereocenters. The van der Waals surface area contributed by atoms with Crippen LogP contribution in [0.5, 0.6) is 11.5 Å². The summed E-state index contributed by atoms with van der Waals surface area (Å²) in [6.07, 6.45) is 0.757. The summed E-state index contributed by atoms with van der Waals surface area (Å²) in [7, 11) is 3.41. The van der Waals surface area contributed by atoms with Crippen LogP contribution in [0.1, 0.15) is 17.5 Å². The highest BCUT2D eigenvalue weighted by Gasteiger charge is 2.09. The molecule has 0 aliphatic rings. The van der Waals surface area contributed by atoms with Crippen LogP contribution in [0, 0.1) is 6.92 Å². The van der Waals surface area contributed by atoms with E-state index in [-0.39, 0.29) is 6.03 Å². The van der Waals surface area contributed by atoms with Gasteiger partial charge in [-0.15, -0.1) is 0 Å². The number of aryl methyl sites for hydroxylation is 1. The first-order valence-electron chi connectivity index (χ1n) is 8.40. The van der Waals surface area contributed by atoms with Gasteiger partial charge in [-0.3, -0.25) is 0 Å². The SMILES string of the molecule is COc1cccc(CN(C)C(=O)NCCCOc2ccccc2C)c1. The summed E-state index contributed by atoms with van der Waals surface area (Å²) in [5.41, 5.74) is 2.14. The molecule has 0 atom stereocenters. The van der Waals surface area contributed by atoms with Crippen LogP contribution in [0.15, 0.2) is 48.5 Å². The molecule has 2 aromatic carbocycles. The number of nitrogens with zero attached hydrogens (tertiary/aromatic N) is 1. The molecular weight excluding hydrogens is 316 g/mol. The average Bonchev–Trinajstić information content (AvgIpc) is 2.62. The van der Waals surface area contributed by atoms with Crippen molar-refractivity contribution in [1.82, 2.24) is 10.2 Å². The van der Waals surface area contributed by atoms with E-state index in [9.17, 15) is 4.79 Å². The van der Waals surface area contributed by atoms with Crippen molar-refractivity contribution in [3.8, 4) is 11.5 Å². The molecule has 0 aliphatic carbocycles. The lowest BCUT2D eigenvalue weighted by Crippen LogP contribution is -2.37. The van der Waals surface area contributed by atoms with Crippen molar-refractivity contribution in [2.45, 2.75) is 19.9 Å². The van der Waals surface area contributed by atoms with Crippen LogP contribution >= 0.6 is 0 Å². The van der Waals surface area contributed by atoms with Crippen molar-refractivity contribution in [3.05, 3.63) is 59.7 Å². The van der Waals surface area contributed by atoms with Gasteiger partial charge in [0.2, 0.25) is 0 Å². The highest BCUT2D eigenvalue weighted by atomic mass is 16.5. The number of urea groups is 1. The summed E-state index contributed by atoms with van der Waals surface area (Å²) in [6.45, 7) is 3.70. The predicted molar refractivity (Wildman–Crippen MR) is 99.2 cm³/mol. The minimum atomic E-state index is -0.0984. The van der Waals surface area contributed by atoms with Gasteiger partial charge in [0.05, 0.1) is 13.7 Å². The maximum Gasteiger partial charge on any atom is 0.317 e. The van der Waals surface area contributed by atoms with E-state index in [1.54, 1.807) is 19.1 Å². The molecule has 0 saturated heterocycles. The van der Waals surface area contributed by atoms with Gasteiger partial charge in [-0.25, -0.2) is 4.79 Å². The first-order valence-corrected chi connectivity index (χ1v) is 8.40. The number of ether oxygens (including phenoxy) is 2. The Balaban J connectivity index is 1.68. The Morgan fingerprint density at radius 1 is 1.16 bits per heavy atom. The third-order valence-electron chi connectivity index (χ3n) is 3.85. The Morgan fingerprint density at radius 2 is 1.96 bits per heavy atom. The highest BCUT2D eigenvalue weighted by Crippen LogP contribution is 2.16. The average molecular weight is 342 g/mol. The Kier molecular flexibility index (Phi) is 7.14. The summed E-state index contributed by atoms with van der Waals surface area (Å²) in [4.78, 5) is 13.8. The van der Waals surface area contributed by atoms with Gasteiger partial charge in [-0.1, -0.05) is 30.3 Å². The van der Waals surface area contributed by atoms with Gasteiger partial charge < -0.3 is 19.7 Å². The fraction of sp³-hybridized carbons (Fsp3) is 0.350. The van der Waals surface area contributed by atoms with Gasteiger partial charge in [0.25, 0.3) is 0 Å². The Labute approximate surface area is 149 Å². The van der Waals surface area contributed by atoms with Crippen LogP contribution in [-0.2, 0) is 6.54 Å². The molecule has 0 fully saturated rings. The molecule has 0 saturated carbocycles. The number of rotatable bonds is 8. The van der Waals surface area contributed by atoms with Gasteiger partial charge in [0.15, 0.2) is 0 Å². The molecule has 0 radical (unpaired) electrons. The van der Waals surface area contributed by atoms with Crippen molar-refractivity contribution in [2.75, 3.05) is 27.3 Å². The largest absolute Gasteiger partial charge is 0.497 e. The molecule has 0 heterocycles. The van der Waals surface area contributed by atoms with Crippen LogP contribution in [0.25, 0.3) is 0 Å². The first kappa shape index (κ1) is 18.6. The number of amides is 2. The van der Waals surface area contributed by atoms with Crippen molar-refractivity contribution in [1.29, 1.82) is 0 Å². The van der Waals surface area contributed by atoms with E-state index in [2.05, 4.69) is 5.32 Å². The second-order valence-electron chi connectivity index (χ2n) is 5.91. The number of hydrogen-bond acceptors (Lipinski definition) is 3. The first-order chi connectivity index (χ1) is 12.1. The number of hydrogen-bond donors (Lipinski definition) is 1. The lowest BCUT2D eigenvalue weighted by atomic mass is 10.2. The Morgan fingerprint density at radius 3 is 2.72 bits per heavy atom. The Bertz CT molecular complexity index is 688. The molecule has 25 heavy (non-hydrogen) atoms. The molecule has 5 heteroatoms. The van der Waals surface area contributed by atoms with Crippen LogP contribution in [0.3, 0.4) is 0 Å². The zero-order valence-electron chi connectivity index (χ0n) is 15.1. The third kappa shape index (κ3) is 6.03. The molecule has 0 spiro atoms. The molecule has 2 amide bonds. The van der Waals surface area contributed by atoms with Crippen molar-refractivity contribution in [2.24, 2.45) is 0 Å². The maximum absolute atomic E-state index is 12.1. The number of nitrogens with one attached hydrogen (secondary N) is 1. The van der Waals surface area contributed by atoms with Gasteiger partial charge in [0.1, 0.15) is 11.5 Å². The zero-order valence-corrected chi connectivity index (χ0v) is 15.1. The molecule has 5 nitrogen and oxygen atoms in total. The standard InChI is InChI=1S/C20H26N2O3/c1-16-8-4-5-11-19(16)25-13-7-12-21-20(23)22(2)15-17-9-6-10-18(14-17)24-3/h4-6,8-11,14H,7,12-13,15H2,1-3H3,(H,21,23). The van der Waals surface area contributed by atoms with Crippen LogP contribution in [0.2, 0.25) is 0 Å². The number of benzene rings is 2. The quantitative estimate of drug-likeness (QED) is 0.746. The van der Waals surface area contributed by atoms with E-state index in [1.807, 2.05) is 55.5 Å². The van der Waals surface area contributed by atoms with Gasteiger partial charge in [-0.05, 0) is 42.7 Å². The van der Waals surface area contributed by atoms with Gasteiger partial charge >= 0.3 is 6.03 Å². The second-order valence-corrected chi connectivity index (χ2v) is 5.91. The van der Waals surface area contributed by atoms with E-state index in [0.717, 1.165) is 29.0 Å². The molecule has 0 aliphatic heterocycles. The number of para-hydroxylation sites is 1. The summed E-state index contributed by atoms with van der Waals surface area (Å²) < 4.78 is 10.9. The summed E-state index contributed by atoms with van der Waals surface area (Å²) in [6, 6.07) is 15.5. The fourth-order valence-corrected chi connectivity index (χ4v) is 2.42. The molecule has 0 bridgehead atoms. The van der Waals surface area contributed by atoms with Gasteiger partial charge in [-0.2, -0.15) is 0 Å². The van der Waals surface area contributed by atoms with E-state index in [0.29, 0.717) is 19.7 Å². The fourth-order valence-electron chi connectivity index (χ4n) is 2.42. The minimum absolute atomic E-state index is 0.0984. The zero-order chi connectivity index (χ0) is 18.1. The van der Waals surface area contributed by atoms with E-state index < -0.39 is 0 Å². The lowest BCUT2D eigenvalue weighted by molar-refractivity contribution is 0.205. The maximum atomic E-state index is 12.1. The normalized spacial score (nSPS) is 10.2. The predicted octanol–water partition coefficient (Wildman–Crippen LogP) is 3.61. The third-order valence-corrected chi connectivity index (χ3v) is 3.85. The number of carbonyl (C=O) groups excluding carboxylic acids is 1. The topological polar surface area (TPSA) is 50.8 Å². The molecular formula is C20H26N2O3. The summed E-state index contributed by atoms with van der Waals surface area (Å²) >= 11 is 0. The number of methoxy groups -OCH3 is 1. The molecule has 1 N–H and O–H groups in total. The molecule has 2 aromatic rings. The lowest BCUT2D eigenvalue weighted by Gasteiger charge is -2.18. The smallest absolute Gasteiger partial charge is 0.317 e.